The second kappa shape index (κ2) is 7.72. The summed E-state index contributed by atoms with van der Waals surface area (Å²) < 4.78 is 10.4. The molecule has 0 spiro atoms. The maximum atomic E-state index is 5.81. The van der Waals surface area contributed by atoms with E-state index in [0.29, 0.717) is 13.2 Å². The van der Waals surface area contributed by atoms with Gasteiger partial charge in [0.05, 0.1) is 13.2 Å². The first-order valence-electron chi connectivity index (χ1n) is 5.52. The summed E-state index contributed by atoms with van der Waals surface area (Å²) in [6.07, 6.45) is 0. The Balaban J connectivity index is 2.00. The molecule has 1 nitrogen and oxygen atoms in total. The Labute approximate surface area is 157 Å². The lowest BCUT2D eigenvalue weighted by Gasteiger charge is -2.09. The summed E-state index contributed by atoms with van der Waals surface area (Å²) in [4.78, 5) is 0. The fourth-order valence-electron chi connectivity index (χ4n) is 1.58. The van der Waals surface area contributed by atoms with Gasteiger partial charge in [-0.2, -0.15) is 0 Å². The number of hydrogen-bond acceptors (Lipinski definition) is 1. The average Bonchev–Trinajstić information content (AvgIpc) is 2.38. The van der Waals surface area contributed by atoms with Gasteiger partial charge in [0.2, 0.25) is 0 Å². The molecule has 0 amide bonds. The van der Waals surface area contributed by atoms with Gasteiger partial charge in [0.25, 0.3) is 0 Å². The molecule has 0 aromatic heterocycles. The molecule has 19 heavy (non-hydrogen) atoms. The number of ether oxygens (including phenoxy) is 1. The Kier molecular flexibility index (Phi) is 6.58. The Morgan fingerprint density at radius 1 is 0.789 bits per heavy atom. The van der Waals surface area contributed by atoms with Crippen LogP contribution < -0.4 is 0 Å². The van der Waals surface area contributed by atoms with Crippen LogP contribution in [0, 0.1) is 7.14 Å². The van der Waals surface area contributed by atoms with Crippen molar-refractivity contribution >= 4 is 77.0 Å². The molecule has 0 radical (unpaired) electrons. The maximum Gasteiger partial charge on any atom is 0.0732 e. The number of halogens is 4. The molecule has 0 unspecified atom stereocenters. The summed E-state index contributed by atoms with van der Waals surface area (Å²) >= 11 is 11.7. The molecule has 5 heteroatoms. The van der Waals surface area contributed by atoms with Crippen molar-refractivity contribution in [2.24, 2.45) is 0 Å². The molecule has 0 aliphatic rings. The quantitative estimate of drug-likeness (QED) is 0.380. The summed E-state index contributed by atoms with van der Waals surface area (Å²) in [5.74, 6) is 0. The van der Waals surface area contributed by atoms with E-state index in [4.69, 9.17) is 4.74 Å². The van der Waals surface area contributed by atoms with E-state index in [1.165, 1.54) is 18.3 Å². The fourth-order valence-corrected chi connectivity index (χ4v) is 3.41. The van der Waals surface area contributed by atoms with Crippen LogP contribution in [-0.4, -0.2) is 0 Å². The Morgan fingerprint density at radius 3 is 1.63 bits per heavy atom. The van der Waals surface area contributed by atoms with Crippen molar-refractivity contribution in [2.45, 2.75) is 13.2 Å². The lowest BCUT2D eigenvalue weighted by molar-refractivity contribution is 0.106. The summed E-state index contributed by atoms with van der Waals surface area (Å²) in [7, 11) is 0. The second-order valence-electron chi connectivity index (χ2n) is 3.96. The highest BCUT2D eigenvalue weighted by atomic mass is 127. The molecule has 0 aliphatic carbocycles. The molecule has 2 aromatic carbocycles. The van der Waals surface area contributed by atoms with Crippen LogP contribution in [0.3, 0.4) is 0 Å². The van der Waals surface area contributed by atoms with Gasteiger partial charge < -0.3 is 4.74 Å². The number of benzene rings is 2. The molecule has 0 aliphatic heterocycles. The smallest absolute Gasteiger partial charge is 0.0732 e. The molecule has 0 heterocycles. The minimum absolute atomic E-state index is 0.606. The largest absolute Gasteiger partial charge is 0.372 e. The van der Waals surface area contributed by atoms with Crippen molar-refractivity contribution in [2.75, 3.05) is 0 Å². The Morgan fingerprint density at radius 2 is 1.21 bits per heavy atom. The zero-order valence-corrected chi connectivity index (χ0v) is 17.3. The minimum Gasteiger partial charge on any atom is -0.372 e. The fraction of sp³-hybridized carbons (Fsp3) is 0.143. The van der Waals surface area contributed by atoms with Gasteiger partial charge in [0.1, 0.15) is 0 Å². The monoisotopic (exact) mass is 606 g/mol. The predicted molar refractivity (Wildman–Crippen MR) is 102 cm³/mol. The van der Waals surface area contributed by atoms with Crippen LogP contribution in [0.5, 0.6) is 0 Å². The van der Waals surface area contributed by atoms with Crippen molar-refractivity contribution in [3.63, 3.8) is 0 Å². The molecule has 0 fully saturated rings. The molecule has 0 N–H and O–H groups in total. The molecule has 2 aromatic rings. The van der Waals surface area contributed by atoms with E-state index in [2.05, 4.69) is 113 Å². The lowest BCUT2D eigenvalue weighted by atomic mass is 10.2. The molecular weight excluding hydrogens is 598 g/mol. The lowest BCUT2D eigenvalue weighted by Crippen LogP contribution is -1.97. The minimum atomic E-state index is 0.606. The van der Waals surface area contributed by atoms with Gasteiger partial charge in [-0.05, 0) is 92.7 Å². The van der Waals surface area contributed by atoms with Gasteiger partial charge in [0.15, 0.2) is 0 Å². The molecule has 0 atom stereocenters. The van der Waals surface area contributed by atoms with Crippen LogP contribution >= 0.6 is 77.0 Å². The average molecular weight is 608 g/mol. The van der Waals surface area contributed by atoms with Gasteiger partial charge in [0, 0.05) is 16.1 Å². The van der Waals surface area contributed by atoms with E-state index in [1.54, 1.807) is 0 Å². The van der Waals surface area contributed by atoms with Crippen molar-refractivity contribution < 1.29 is 4.74 Å². The van der Waals surface area contributed by atoms with Crippen molar-refractivity contribution in [1.29, 1.82) is 0 Å². The molecule has 2 rings (SSSR count). The van der Waals surface area contributed by atoms with E-state index in [-0.39, 0.29) is 0 Å². The van der Waals surface area contributed by atoms with Crippen LogP contribution in [0.1, 0.15) is 11.1 Å². The van der Waals surface area contributed by atoms with Crippen LogP contribution in [0.25, 0.3) is 0 Å². The summed E-state index contributed by atoms with van der Waals surface area (Å²) in [6, 6.07) is 12.5. The molecule has 0 bridgehead atoms. The molecule has 0 saturated heterocycles. The SMILES string of the molecule is Brc1ccc(I)cc1COCc1cc(I)ccc1Br. The zero-order chi connectivity index (χ0) is 13.8. The third-order valence-electron chi connectivity index (χ3n) is 2.53. The van der Waals surface area contributed by atoms with Gasteiger partial charge in [-0.1, -0.05) is 31.9 Å². The predicted octanol–water partition coefficient (Wildman–Crippen LogP) is 6.14. The first-order valence-corrected chi connectivity index (χ1v) is 9.26. The third kappa shape index (κ3) is 4.94. The van der Waals surface area contributed by atoms with Crippen molar-refractivity contribution in [1.82, 2.24) is 0 Å². The topological polar surface area (TPSA) is 9.23 Å². The molecular formula is C14H10Br2I2O. The van der Waals surface area contributed by atoms with E-state index >= 15 is 0 Å². The van der Waals surface area contributed by atoms with Gasteiger partial charge in [-0.15, -0.1) is 0 Å². The van der Waals surface area contributed by atoms with Gasteiger partial charge >= 0.3 is 0 Å². The van der Waals surface area contributed by atoms with Crippen molar-refractivity contribution in [3.8, 4) is 0 Å². The van der Waals surface area contributed by atoms with E-state index < -0.39 is 0 Å². The maximum absolute atomic E-state index is 5.81. The molecule has 100 valence electrons. The highest BCUT2D eigenvalue weighted by Crippen LogP contribution is 2.23. The number of rotatable bonds is 4. The first kappa shape index (κ1) is 16.2. The normalized spacial score (nSPS) is 10.7. The highest BCUT2D eigenvalue weighted by molar-refractivity contribution is 14.1. The highest BCUT2D eigenvalue weighted by Gasteiger charge is 2.04. The Hall–Kier alpha value is 0.820. The first-order chi connectivity index (χ1) is 9.06. The number of hydrogen-bond donors (Lipinski definition) is 0. The van der Waals surface area contributed by atoms with Gasteiger partial charge in [-0.25, -0.2) is 0 Å². The summed E-state index contributed by atoms with van der Waals surface area (Å²) in [5.41, 5.74) is 2.35. The molecule has 0 saturated carbocycles. The van der Waals surface area contributed by atoms with Crippen LogP contribution in [0.15, 0.2) is 45.3 Å². The van der Waals surface area contributed by atoms with E-state index in [1.807, 2.05) is 0 Å². The van der Waals surface area contributed by atoms with E-state index in [0.717, 1.165) is 8.95 Å². The van der Waals surface area contributed by atoms with Crippen LogP contribution in [0.2, 0.25) is 0 Å². The van der Waals surface area contributed by atoms with Crippen LogP contribution in [-0.2, 0) is 18.0 Å². The summed E-state index contributed by atoms with van der Waals surface area (Å²) in [6.45, 7) is 1.21. The second-order valence-corrected chi connectivity index (χ2v) is 8.16. The van der Waals surface area contributed by atoms with Gasteiger partial charge in [-0.3, -0.25) is 0 Å². The standard InChI is InChI=1S/C14H10Br2I2O/c15-13-3-1-11(17)5-9(13)7-19-8-10-6-12(18)2-4-14(10)16/h1-6H,7-8H2. The Bertz CT molecular complexity index is 536. The van der Waals surface area contributed by atoms with Crippen LogP contribution in [0.4, 0.5) is 0 Å². The summed E-state index contributed by atoms with van der Waals surface area (Å²) in [5, 5.41) is 0. The van der Waals surface area contributed by atoms with E-state index in [9.17, 15) is 0 Å². The zero-order valence-electron chi connectivity index (χ0n) is 9.80. The van der Waals surface area contributed by atoms with Crippen molar-refractivity contribution in [3.05, 3.63) is 63.6 Å². The third-order valence-corrected chi connectivity index (χ3v) is 5.42.